The van der Waals surface area contributed by atoms with Crippen molar-refractivity contribution in [1.29, 1.82) is 5.26 Å². The molecule has 2 aromatic carbocycles. The lowest BCUT2D eigenvalue weighted by Crippen LogP contribution is -2.18. The number of benzene rings is 2. The molecule has 0 aromatic heterocycles. The van der Waals surface area contributed by atoms with E-state index in [2.05, 4.69) is 23.2 Å². The second-order valence-electron chi connectivity index (χ2n) is 4.83. The number of amides is 1. The molecule has 0 saturated carbocycles. The molecule has 0 aliphatic carbocycles. The molecule has 1 aliphatic heterocycles. The minimum Gasteiger partial charge on any atom is -0.447 e. The van der Waals surface area contributed by atoms with E-state index in [1.165, 1.54) is 0 Å². The Hall–Kier alpha value is -3.24. The average molecular weight is 288 g/mol. The number of nitrogens with one attached hydrogen (secondary N) is 1. The Bertz CT molecular complexity index is 825. The largest absolute Gasteiger partial charge is 0.447 e. The molecule has 106 valence electrons. The van der Waals surface area contributed by atoms with E-state index >= 15 is 0 Å². The highest BCUT2D eigenvalue weighted by atomic mass is 16.6. The quantitative estimate of drug-likeness (QED) is 0.821. The van der Waals surface area contributed by atoms with Gasteiger partial charge in [-0.1, -0.05) is 36.1 Å². The maximum atomic E-state index is 11.1. The highest BCUT2D eigenvalue weighted by Gasteiger charge is 2.23. The maximum absolute atomic E-state index is 11.1. The normalized spacial score (nSPS) is 16.0. The first-order chi connectivity index (χ1) is 10.8. The van der Waals surface area contributed by atoms with E-state index < -0.39 is 6.09 Å². The first-order valence-corrected chi connectivity index (χ1v) is 6.80. The van der Waals surface area contributed by atoms with Crippen LogP contribution in [0.2, 0.25) is 0 Å². The number of rotatable bonds is 1. The standard InChI is InChI=1S/C18H12N2O2/c19-11-16-6-2-1-5-14(16)9-8-13-4-3-7-15(10-13)17-12-22-18(21)20-17/h1-7,10,17H,12H2,(H,20,21)/t17-/m0/s1. The zero-order valence-electron chi connectivity index (χ0n) is 11.7. The third kappa shape index (κ3) is 2.92. The van der Waals surface area contributed by atoms with Gasteiger partial charge in [0.2, 0.25) is 0 Å². The molecule has 1 fully saturated rings. The van der Waals surface area contributed by atoms with Crippen LogP contribution in [-0.4, -0.2) is 12.7 Å². The summed E-state index contributed by atoms with van der Waals surface area (Å²) in [5.41, 5.74) is 3.04. The van der Waals surface area contributed by atoms with Gasteiger partial charge in [0.15, 0.2) is 0 Å². The fraction of sp³-hybridized carbons (Fsp3) is 0.111. The molecular weight excluding hydrogens is 276 g/mol. The molecule has 22 heavy (non-hydrogen) atoms. The van der Waals surface area contributed by atoms with Crippen molar-refractivity contribution < 1.29 is 9.53 Å². The van der Waals surface area contributed by atoms with Crippen molar-refractivity contribution in [1.82, 2.24) is 5.32 Å². The molecule has 1 aliphatic rings. The number of nitriles is 1. The lowest BCUT2D eigenvalue weighted by Gasteiger charge is -2.07. The lowest BCUT2D eigenvalue weighted by atomic mass is 10.0. The summed E-state index contributed by atoms with van der Waals surface area (Å²) in [4.78, 5) is 11.1. The highest BCUT2D eigenvalue weighted by Crippen LogP contribution is 2.19. The second-order valence-corrected chi connectivity index (χ2v) is 4.83. The zero-order chi connectivity index (χ0) is 15.4. The summed E-state index contributed by atoms with van der Waals surface area (Å²) in [5.74, 6) is 6.07. The Kier molecular flexibility index (Phi) is 3.76. The Labute approximate surface area is 128 Å². The van der Waals surface area contributed by atoms with Crippen LogP contribution in [0.5, 0.6) is 0 Å². The van der Waals surface area contributed by atoms with Crippen molar-refractivity contribution in [3.8, 4) is 17.9 Å². The topological polar surface area (TPSA) is 62.1 Å². The van der Waals surface area contributed by atoms with Crippen molar-refractivity contribution in [2.75, 3.05) is 6.61 Å². The van der Waals surface area contributed by atoms with Crippen LogP contribution in [0.4, 0.5) is 4.79 Å². The van der Waals surface area contributed by atoms with Crippen LogP contribution in [0.25, 0.3) is 0 Å². The van der Waals surface area contributed by atoms with Crippen molar-refractivity contribution in [3.05, 3.63) is 70.8 Å². The van der Waals surface area contributed by atoms with Crippen LogP contribution < -0.4 is 5.32 Å². The van der Waals surface area contributed by atoms with Gasteiger partial charge in [0.1, 0.15) is 12.7 Å². The Morgan fingerprint density at radius 2 is 1.91 bits per heavy atom. The van der Waals surface area contributed by atoms with E-state index in [0.717, 1.165) is 11.1 Å². The number of hydrogen-bond donors (Lipinski definition) is 1. The van der Waals surface area contributed by atoms with Gasteiger partial charge in [0.25, 0.3) is 0 Å². The highest BCUT2D eigenvalue weighted by molar-refractivity contribution is 5.70. The van der Waals surface area contributed by atoms with Crippen molar-refractivity contribution in [2.24, 2.45) is 0 Å². The molecule has 3 rings (SSSR count). The van der Waals surface area contributed by atoms with Gasteiger partial charge in [0, 0.05) is 11.1 Å². The molecule has 1 heterocycles. The van der Waals surface area contributed by atoms with Gasteiger partial charge in [-0.25, -0.2) is 4.79 Å². The number of carbonyl (C=O) groups excluding carboxylic acids is 1. The van der Waals surface area contributed by atoms with Crippen molar-refractivity contribution in [2.45, 2.75) is 6.04 Å². The van der Waals surface area contributed by atoms with Gasteiger partial charge in [-0.3, -0.25) is 0 Å². The number of nitrogens with zero attached hydrogens (tertiary/aromatic N) is 1. The van der Waals surface area contributed by atoms with E-state index in [1.54, 1.807) is 6.07 Å². The third-order valence-corrected chi connectivity index (χ3v) is 3.35. The summed E-state index contributed by atoms with van der Waals surface area (Å²) in [6.07, 6.45) is -0.399. The van der Waals surface area contributed by atoms with Gasteiger partial charge in [-0.2, -0.15) is 5.26 Å². The minimum atomic E-state index is -0.399. The van der Waals surface area contributed by atoms with E-state index in [1.807, 2.05) is 42.5 Å². The molecule has 0 radical (unpaired) electrons. The average Bonchev–Trinajstić information content (AvgIpc) is 3.00. The number of ether oxygens (including phenoxy) is 1. The van der Waals surface area contributed by atoms with Crippen LogP contribution in [0, 0.1) is 23.2 Å². The predicted molar refractivity (Wildman–Crippen MR) is 80.8 cm³/mol. The van der Waals surface area contributed by atoms with E-state index in [4.69, 9.17) is 10.00 Å². The van der Waals surface area contributed by atoms with Crippen LogP contribution in [0.3, 0.4) is 0 Å². The molecule has 4 heteroatoms. The molecular formula is C18H12N2O2. The number of carbonyl (C=O) groups is 1. The summed E-state index contributed by atoms with van der Waals surface area (Å²) in [5, 5.41) is 11.8. The summed E-state index contributed by atoms with van der Waals surface area (Å²) in [6, 6.07) is 16.8. The summed E-state index contributed by atoms with van der Waals surface area (Å²) in [7, 11) is 0. The van der Waals surface area contributed by atoms with E-state index in [0.29, 0.717) is 17.7 Å². The van der Waals surface area contributed by atoms with Gasteiger partial charge >= 0.3 is 6.09 Å². The van der Waals surface area contributed by atoms with Gasteiger partial charge in [-0.15, -0.1) is 0 Å². The van der Waals surface area contributed by atoms with Crippen LogP contribution in [0.1, 0.15) is 28.3 Å². The zero-order valence-corrected chi connectivity index (χ0v) is 11.7. The fourth-order valence-corrected chi connectivity index (χ4v) is 2.23. The lowest BCUT2D eigenvalue weighted by molar-refractivity contribution is 0.177. The van der Waals surface area contributed by atoms with Crippen molar-refractivity contribution >= 4 is 6.09 Å². The molecule has 1 atom stereocenters. The second kappa shape index (κ2) is 6.03. The Morgan fingerprint density at radius 3 is 2.64 bits per heavy atom. The summed E-state index contributed by atoms with van der Waals surface area (Å²) < 4.78 is 4.90. The number of hydrogen-bond acceptors (Lipinski definition) is 3. The first-order valence-electron chi connectivity index (χ1n) is 6.80. The summed E-state index contributed by atoms with van der Waals surface area (Å²) in [6.45, 7) is 0.326. The fourth-order valence-electron chi connectivity index (χ4n) is 2.23. The monoisotopic (exact) mass is 288 g/mol. The third-order valence-electron chi connectivity index (χ3n) is 3.35. The number of cyclic esters (lactones) is 1. The molecule has 1 N–H and O–H groups in total. The molecule has 2 aromatic rings. The molecule has 0 unspecified atom stereocenters. The van der Waals surface area contributed by atoms with Gasteiger partial charge in [0.05, 0.1) is 11.6 Å². The molecule has 0 spiro atoms. The van der Waals surface area contributed by atoms with Crippen LogP contribution in [0.15, 0.2) is 48.5 Å². The predicted octanol–water partition coefficient (Wildman–Crippen LogP) is 2.74. The van der Waals surface area contributed by atoms with E-state index in [9.17, 15) is 4.79 Å². The number of alkyl carbamates (subject to hydrolysis) is 1. The molecule has 0 bridgehead atoms. The van der Waals surface area contributed by atoms with Gasteiger partial charge < -0.3 is 10.1 Å². The SMILES string of the molecule is N#Cc1ccccc1C#Cc1cccc([C@@H]2COC(=O)N2)c1. The minimum absolute atomic E-state index is 0.138. The van der Waals surface area contributed by atoms with E-state index in [-0.39, 0.29) is 6.04 Å². The Balaban J connectivity index is 1.87. The first kappa shape index (κ1) is 13.7. The molecule has 4 nitrogen and oxygen atoms in total. The Morgan fingerprint density at radius 1 is 1.09 bits per heavy atom. The van der Waals surface area contributed by atoms with Crippen LogP contribution >= 0.6 is 0 Å². The molecule has 1 saturated heterocycles. The summed E-state index contributed by atoms with van der Waals surface area (Å²) >= 11 is 0. The smallest absolute Gasteiger partial charge is 0.407 e. The van der Waals surface area contributed by atoms with Crippen molar-refractivity contribution in [3.63, 3.8) is 0 Å². The maximum Gasteiger partial charge on any atom is 0.407 e. The molecule has 1 amide bonds. The van der Waals surface area contributed by atoms with Crippen LogP contribution in [-0.2, 0) is 4.74 Å². The van der Waals surface area contributed by atoms with Gasteiger partial charge in [-0.05, 0) is 29.8 Å².